The molecule has 90 valence electrons. The number of amides is 1. The number of hydrogen-bond donors (Lipinski definition) is 2. The zero-order valence-corrected chi connectivity index (χ0v) is 9.95. The normalized spacial score (nSPS) is 12.4. The van der Waals surface area contributed by atoms with Crippen molar-refractivity contribution in [2.75, 3.05) is 6.54 Å². The second-order valence-electron chi connectivity index (χ2n) is 3.98. The summed E-state index contributed by atoms with van der Waals surface area (Å²) in [5.74, 6) is 1.71. The Balaban J connectivity index is 2.33. The molecule has 0 aliphatic heterocycles. The van der Waals surface area contributed by atoms with Gasteiger partial charge in [0.1, 0.15) is 11.5 Å². The fourth-order valence-electron chi connectivity index (χ4n) is 1.50. The maximum atomic E-state index is 11.5. The molecule has 0 saturated heterocycles. The van der Waals surface area contributed by atoms with Gasteiger partial charge in [0.25, 0.3) is 0 Å². The van der Waals surface area contributed by atoms with Crippen molar-refractivity contribution in [2.24, 2.45) is 5.73 Å². The zero-order chi connectivity index (χ0) is 12.0. The van der Waals surface area contributed by atoms with E-state index in [4.69, 9.17) is 10.2 Å². The first kappa shape index (κ1) is 12.8. The van der Waals surface area contributed by atoms with Crippen molar-refractivity contribution in [1.29, 1.82) is 0 Å². The summed E-state index contributed by atoms with van der Waals surface area (Å²) in [5, 5.41) is 2.89. The van der Waals surface area contributed by atoms with Gasteiger partial charge in [-0.3, -0.25) is 4.79 Å². The van der Waals surface area contributed by atoms with Crippen LogP contribution in [0.3, 0.4) is 0 Å². The third kappa shape index (κ3) is 4.06. The van der Waals surface area contributed by atoms with Crippen LogP contribution in [-0.4, -0.2) is 12.5 Å². The number of aryl methyl sites for hydroxylation is 1. The molecule has 1 atom stereocenters. The smallest absolute Gasteiger partial charge is 0.220 e. The van der Waals surface area contributed by atoms with Crippen molar-refractivity contribution in [1.82, 2.24) is 5.32 Å². The molecule has 1 heterocycles. The van der Waals surface area contributed by atoms with Crippen LogP contribution in [0.2, 0.25) is 0 Å². The average Bonchev–Trinajstić information content (AvgIpc) is 2.65. The van der Waals surface area contributed by atoms with Crippen LogP contribution in [0.1, 0.15) is 43.7 Å². The van der Waals surface area contributed by atoms with Gasteiger partial charge in [-0.15, -0.1) is 0 Å². The van der Waals surface area contributed by atoms with Crippen LogP contribution in [0.4, 0.5) is 0 Å². The Bertz CT molecular complexity index is 334. The van der Waals surface area contributed by atoms with E-state index < -0.39 is 0 Å². The number of furan rings is 1. The van der Waals surface area contributed by atoms with Gasteiger partial charge < -0.3 is 15.5 Å². The second-order valence-corrected chi connectivity index (χ2v) is 3.98. The Labute approximate surface area is 96.2 Å². The van der Waals surface area contributed by atoms with Crippen LogP contribution >= 0.6 is 0 Å². The summed E-state index contributed by atoms with van der Waals surface area (Å²) in [7, 11) is 0. The number of nitrogens with two attached hydrogens (primary N) is 1. The van der Waals surface area contributed by atoms with Gasteiger partial charge in [-0.1, -0.05) is 0 Å². The average molecular weight is 224 g/mol. The SMILES string of the molecule is Cc1ccc(C(C)NC(=O)CCCCN)o1. The van der Waals surface area contributed by atoms with Gasteiger partial charge in [0.05, 0.1) is 6.04 Å². The highest BCUT2D eigenvalue weighted by Crippen LogP contribution is 2.15. The molecule has 0 spiro atoms. The van der Waals surface area contributed by atoms with Crippen LogP contribution in [0.5, 0.6) is 0 Å². The molecule has 0 saturated carbocycles. The predicted molar refractivity (Wildman–Crippen MR) is 62.9 cm³/mol. The molecule has 4 nitrogen and oxygen atoms in total. The number of carbonyl (C=O) groups is 1. The molecule has 0 bridgehead atoms. The van der Waals surface area contributed by atoms with Gasteiger partial charge in [-0.2, -0.15) is 0 Å². The minimum atomic E-state index is -0.0703. The summed E-state index contributed by atoms with van der Waals surface area (Å²) >= 11 is 0. The van der Waals surface area contributed by atoms with E-state index >= 15 is 0 Å². The van der Waals surface area contributed by atoms with E-state index in [1.165, 1.54) is 0 Å². The van der Waals surface area contributed by atoms with Gasteiger partial charge >= 0.3 is 0 Å². The van der Waals surface area contributed by atoms with Gasteiger partial charge in [-0.05, 0) is 45.4 Å². The summed E-state index contributed by atoms with van der Waals surface area (Å²) in [6, 6.07) is 3.71. The Kier molecular flexibility index (Phi) is 5.05. The summed E-state index contributed by atoms with van der Waals surface area (Å²) < 4.78 is 5.44. The van der Waals surface area contributed by atoms with Crippen molar-refractivity contribution >= 4 is 5.91 Å². The fraction of sp³-hybridized carbons (Fsp3) is 0.583. The van der Waals surface area contributed by atoms with E-state index in [2.05, 4.69) is 5.32 Å². The maximum Gasteiger partial charge on any atom is 0.220 e. The number of unbranched alkanes of at least 4 members (excludes halogenated alkanes) is 1. The van der Waals surface area contributed by atoms with Gasteiger partial charge in [-0.25, -0.2) is 0 Å². The molecule has 0 aliphatic rings. The van der Waals surface area contributed by atoms with Crippen molar-refractivity contribution in [2.45, 2.75) is 39.2 Å². The van der Waals surface area contributed by atoms with Crippen molar-refractivity contribution < 1.29 is 9.21 Å². The molecular weight excluding hydrogens is 204 g/mol. The molecule has 1 aromatic rings. The molecular formula is C12H20N2O2. The van der Waals surface area contributed by atoms with E-state index in [0.717, 1.165) is 24.4 Å². The van der Waals surface area contributed by atoms with E-state index in [1.807, 2.05) is 26.0 Å². The van der Waals surface area contributed by atoms with Crippen LogP contribution in [0.25, 0.3) is 0 Å². The Hall–Kier alpha value is -1.29. The molecule has 0 fully saturated rings. The summed E-state index contributed by atoms with van der Waals surface area (Å²) in [5.41, 5.74) is 5.36. The van der Waals surface area contributed by atoms with E-state index in [-0.39, 0.29) is 11.9 Å². The van der Waals surface area contributed by atoms with Gasteiger partial charge in [0.15, 0.2) is 0 Å². The van der Waals surface area contributed by atoms with Gasteiger partial charge in [0.2, 0.25) is 5.91 Å². The first-order valence-corrected chi connectivity index (χ1v) is 5.69. The molecule has 0 radical (unpaired) electrons. The quantitative estimate of drug-likeness (QED) is 0.725. The Morgan fingerprint density at radius 2 is 2.25 bits per heavy atom. The molecule has 0 aromatic carbocycles. The first-order valence-electron chi connectivity index (χ1n) is 5.69. The minimum absolute atomic E-state index is 0.0509. The number of nitrogens with one attached hydrogen (secondary N) is 1. The minimum Gasteiger partial charge on any atom is -0.464 e. The van der Waals surface area contributed by atoms with Crippen molar-refractivity contribution in [3.05, 3.63) is 23.7 Å². The lowest BCUT2D eigenvalue weighted by Gasteiger charge is -2.11. The van der Waals surface area contributed by atoms with Gasteiger partial charge in [0, 0.05) is 6.42 Å². The Morgan fingerprint density at radius 1 is 1.50 bits per heavy atom. The zero-order valence-electron chi connectivity index (χ0n) is 9.95. The highest BCUT2D eigenvalue weighted by Gasteiger charge is 2.11. The van der Waals surface area contributed by atoms with E-state index in [0.29, 0.717) is 13.0 Å². The largest absolute Gasteiger partial charge is 0.464 e. The molecule has 1 unspecified atom stereocenters. The molecule has 3 N–H and O–H groups in total. The number of rotatable bonds is 6. The molecule has 1 amide bonds. The number of hydrogen-bond acceptors (Lipinski definition) is 3. The lowest BCUT2D eigenvalue weighted by Crippen LogP contribution is -2.26. The molecule has 0 aliphatic carbocycles. The molecule has 4 heteroatoms. The highest BCUT2D eigenvalue weighted by molar-refractivity contribution is 5.76. The maximum absolute atomic E-state index is 11.5. The van der Waals surface area contributed by atoms with Crippen molar-refractivity contribution in [3.8, 4) is 0 Å². The summed E-state index contributed by atoms with van der Waals surface area (Å²) in [6.07, 6.45) is 2.26. The van der Waals surface area contributed by atoms with Crippen LogP contribution < -0.4 is 11.1 Å². The fourth-order valence-corrected chi connectivity index (χ4v) is 1.50. The molecule has 16 heavy (non-hydrogen) atoms. The van der Waals surface area contributed by atoms with Crippen molar-refractivity contribution in [3.63, 3.8) is 0 Å². The predicted octanol–water partition coefficient (Wildman–Crippen LogP) is 1.89. The van der Waals surface area contributed by atoms with Crippen LogP contribution in [0.15, 0.2) is 16.5 Å². The summed E-state index contributed by atoms with van der Waals surface area (Å²) in [4.78, 5) is 11.5. The standard InChI is InChI=1S/C12H20N2O2/c1-9-6-7-11(16-9)10(2)14-12(15)5-3-4-8-13/h6-7,10H,3-5,8,13H2,1-2H3,(H,14,15). The lowest BCUT2D eigenvalue weighted by molar-refractivity contribution is -0.121. The highest BCUT2D eigenvalue weighted by atomic mass is 16.3. The summed E-state index contributed by atoms with van der Waals surface area (Å²) in [6.45, 7) is 4.44. The van der Waals surface area contributed by atoms with E-state index in [9.17, 15) is 4.79 Å². The monoisotopic (exact) mass is 224 g/mol. The lowest BCUT2D eigenvalue weighted by atomic mass is 10.2. The van der Waals surface area contributed by atoms with Crippen LogP contribution in [0, 0.1) is 6.92 Å². The van der Waals surface area contributed by atoms with E-state index in [1.54, 1.807) is 0 Å². The third-order valence-corrected chi connectivity index (χ3v) is 2.42. The van der Waals surface area contributed by atoms with Crippen LogP contribution in [-0.2, 0) is 4.79 Å². The first-order chi connectivity index (χ1) is 7.63. The molecule has 1 aromatic heterocycles. The molecule has 1 rings (SSSR count). The topological polar surface area (TPSA) is 68.3 Å². The Morgan fingerprint density at radius 3 is 2.81 bits per heavy atom. The third-order valence-electron chi connectivity index (χ3n) is 2.42. The second kappa shape index (κ2) is 6.33. The number of carbonyl (C=O) groups excluding carboxylic acids is 1.